The number of nitrogens with zero attached hydrogens (tertiary/aromatic N) is 1. The molecule has 0 bridgehead atoms. The maximum absolute atomic E-state index is 11.8. The second-order valence-electron chi connectivity index (χ2n) is 3.80. The van der Waals surface area contributed by atoms with Crippen LogP contribution in [0.4, 0.5) is 0 Å². The molecule has 1 aliphatic rings. The Morgan fingerprint density at radius 3 is 2.50 bits per heavy atom. The van der Waals surface area contributed by atoms with Crippen molar-refractivity contribution in [3.63, 3.8) is 0 Å². The number of aliphatic hydroxyl groups excluding tert-OH is 1. The van der Waals surface area contributed by atoms with E-state index in [0.29, 0.717) is 0 Å². The fourth-order valence-corrected chi connectivity index (χ4v) is 2.69. The lowest BCUT2D eigenvalue weighted by molar-refractivity contribution is -0.129. The van der Waals surface area contributed by atoms with E-state index in [4.69, 9.17) is 5.11 Å². The summed E-state index contributed by atoms with van der Waals surface area (Å²) in [4.78, 5) is 13.8. The highest BCUT2D eigenvalue weighted by atomic mass is 32.2. The van der Waals surface area contributed by atoms with Gasteiger partial charge in [0, 0.05) is 18.3 Å². The van der Waals surface area contributed by atoms with Crippen LogP contribution in [0.5, 0.6) is 0 Å². The number of hydrogen-bond donors (Lipinski definition) is 1. The molecular weight excluding hydrogens is 198 g/mol. The summed E-state index contributed by atoms with van der Waals surface area (Å²) in [5.41, 5.74) is 0. The van der Waals surface area contributed by atoms with Gasteiger partial charge in [0.1, 0.15) is 0 Å². The van der Waals surface area contributed by atoms with Crippen LogP contribution in [0.25, 0.3) is 0 Å². The van der Waals surface area contributed by atoms with Gasteiger partial charge in [0.25, 0.3) is 0 Å². The van der Waals surface area contributed by atoms with Crippen LogP contribution in [-0.2, 0) is 4.79 Å². The van der Waals surface area contributed by atoms with Crippen molar-refractivity contribution >= 4 is 17.7 Å². The van der Waals surface area contributed by atoms with E-state index in [-0.39, 0.29) is 23.0 Å². The Hall–Kier alpha value is -0.220. The molecule has 0 aliphatic carbocycles. The first kappa shape index (κ1) is 11.9. The minimum atomic E-state index is -0.0183. The molecule has 82 valence electrons. The van der Waals surface area contributed by atoms with Crippen molar-refractivity contribution in [1.82, 2.24) is 4.90 Å². The molecule has 4 heteroatoms. The second kappa shape index (κ2) is 5.61. The molecule has 0 radical (unpaired) electrons. The van der Waals surface area contributed by atoms with Crippen molar-refractivity contribution in [2.24, 2.45) is 0 Å². The summed E-state index contributed by atoms with van der Waals surface area (Å²) in [5, 5.41) is 9.02. The lowest BCUT2D eigenvalue weighted by atomic mass is 10.4. The quantitative estimate of drug-likeness (QED) is 0.767. The molecule has 1 heterocycles. The molecule has 1 saturated heterocycles. The lowest BCUT2D eigenvalue weighted by Crippen LogP contribution is -2.35. The van der Waals surface area contributed by atoms with Gasteiger partial charge < -0.3 is 10.0 Å². The summed E-state index contributed by atoms with van der Waals surface area (Å²) in [5.74, 6) is 0.229. The van der Waals surface area contributed by atoms with Gasteiger partial charge in [0.05, 0.1) is 11.9 Å². The van der Waals surface area contributed by atoms with Crippen LogP contribution in [0.15, 0.2) is 0 Å². The van der Waals surface area contributed by atoms with Crippen molar-refractivity contribution in [2.45, 2.75) is 37.2 Å². The van der Waals surface area contributed by atoms with Crippen LogP contribution >= 0.6 is 11.8 Å². The highest BCUT2D eigenvalue weighted by Gasteiger charge is 2.24. The third kappa shape index (κ3) is 3.17. The first-order valence-corrected chi connectivity index (χ1v) is 6.14. The molecule has 1 rings (SSSR count). The number of carbonyl (C=O) groups is 1. The highest BCUT2D eigenvalue weighted by Crippen LogP contribution is 2.20. The third-order valence-electron chi connectivity index (χ3n) is 2.46. The standard InChI is InChI=1S/C10H19NO2S/c1-8(7-12)14-9(2)10(13)11-5-3-4-6-11/h8-9,12H,3-7H2,1-2H3/t8-,9+/m1/s1. The summed E-state index contributed by atoms with van der Waals surface area (Å²) in [7, 11) is 0. The Balaban J connectivity index is 2.35. The van der Waals surface area contributed by atoms with Gasteiger partial charge in [0.15, 0.2) is 0 Å². The van der Waals surface area contributed by atoms with Crippen LogP contribution in [0.3, 0.4) is 0 Å². The first-order chi connectivity index (χ1) is 6.65. The highest BCUT2D eigenvalue weighted by molar-refractivity contribution is 8.01. The van der Waals surface area contributed by atoms with Crippen LogP contribution in [0.2, 0.25) is 0 Å². The van der Waals surface area contributed by atoms with Gasteiger partial charge in [-0.2, -0.15) is 0 Å². The van der Waals surface area contributed by atoms with E-state index in [2.05, 4.69) is 0 Å². The molecule has 14 heavy (non-hydrogen) atoms. The predicted molar refractivity (Wildman–Crippen MR) is 59.4 cm³/mol. The van der Waals surface area contributed by atoms with Gasteiger partial charge in [-0.1, -0.05) is 6.92 Å². The number of aliphatic hydroxyl groups is 1. The number of likely N-dealkylation sites (tertiary alicyclic amines) is 1. The summed E-state index contributed by atoms with van der Waals surface area (Å²) >= 11 is 1.55. The Morgan fingerprint density at radius 2 is 2.00 bits per heavy atom. The van der Waals surface area contributed by atoms with Crippen molar-refractivity contribution in [3.05, 3.63) is 0 Å². The molecule has 0 spiro atoms. The molecule has 3 nitrogen and oxygen atoms in total. The SMILES string of the molecule is C[C@H](CO)S[C@@H](C)C(=O)N1CCCC1. The van der Waals surface area contributed by atoms with E-state index in [1.54, 1.807) is 11.8 Å². The zero-order chi connectivity index (χ0) is 10.6. The van der Waals surface area contributed by atoms with Gasteiger partial charge in [-0.25, -0.2) is 0 Å². The Bertz CT molecular complexity index is 193. The van der Waals surface area contributed by atoms with Gasteiger partial charge in [-0.05, 0) is 19.8 Å². The number of rotatable bonds is 4. The van der Waals surface area contributed by atoms with Crippen molar-refractivity contribution < 1.29 is 9.90 Å². The zero-order valence-electron chi connectivity index (χ0n) is 8.90. The number of hydrogen-bond acceptors (Lipinski definition) is 3. The summed E-state index contributed by atoms with van der Waals surface area (Å²) in [6.45, 7) is 5.84. The monoisotopic (exact) mass is 217 g/mol. The van der Waals surface area contributed by atoms with E-state index >= 15 is 0 Å². The number of amides is 1. The molecule has 0 aromatic carbocycles. The van der Waals surface area contributed by atoms with E-state index < -0.39 is 0 Å². The first-order valence-electron chi connectivity index (χ1n) is 5.20. The Kier molecular flexibility index (Phi) is 4.75. The second-order valence-corrected chi connectivity index (χ2v) is 5.59. The van der Waals surface area contributed by atoms with Crippen molar-refractivity contribution in [1.29, 1.82) is 0 Å². The average Bonchev–Trinajstić information content (AvgIpc) is 2.69. The largest absolute Gasteiger partial charge is 0.395 e. The molecule has 1 amide bonds. The molecule has 1 N–H and O–H groups in total. The third-order valence-corrected chi connectivity index (χ3v) is 3.68. The van der Waals surface area contributed by atoms with E-state index in [9.17, 15) is 4.79 Å². The van der Waals surface area contributed by atoms with Crippen LogP contribution < -0.4 is 0 Å². The van der Waals surface area contributed by atoms with Gasteiger partial charge in [-0.15, -0.1) is 11.8 Å². The minimum absolute atomic E-state index is 0.0183. The molecule has 0 saturated carbocycles. The van der Waals surface area contributed by atoms with Crippen molar-refractivity contribution in [3.8, 4) is 0 Å². The maximum Gasteiger partial charge on any atom is 0.235 e. The van der Waals surface area contributed by atoms with Crippen LogP contribution in [0.1, 0.15) is 26.7 Å². The Labute approximate surface area is 89.9 Å². The van der Waals surface area contributed by atoms with Gasteiger partial charge in [-0.3, -0.25) is 4.79 Å². The molecule has 1 aliphatic heterocycles. The van der Waals surface area contributed by atoms with E-state index in [0.717, 1.165) is 25.9 Å². The lowest BCUT2D eigenvalue weighted by Gasteiger charge is -2.21. The minimum Gasteiger partial charge on any atom is -0.395 e. The molecule has 0 unspecified atom stereocenters. The number of thioether (sulfide) groups is 1. The fourth-order valence-electron chi connectivity index (χ4n) is 1.64. The fraction of sp³-hybridized carbons (Fsp3) is 0.900. The average molecular weight is 217 g/mol. The topological polar surface area (TPSA) is 40.5 Å². The van der Waals surface area contributed by atoms with Gasteiger partial charge in [0.2, 0.25) is 5.91 Å². The Morgan fingerprint density at radius 1 is 1.43 bits per heavy atom. The normalized spacial score (nSPS) is 20.9. The summed E-state index contributed by atoms with van der Waals surface area (Å²) in [6.07, 6.45) is 2.28. The van der Waals surface area contributed by atoms with E-state index in [1.807, 2.05) is 18.7 Å². The van der Waals surface area contributed by atoms with Crippen LogP contribution in [-0.4, -0.2) is 46.1 Å². The molecule has 0 aromatic heterocycles. The van der Waals surface area contributed by atoms with Crippen LogP contribution in [0, 0.1) is 0 Å². The maximum atomic E-state index is 11.8. The summed E-state index contributed by atoms with van der Waals surface area (Å²) < 4.78 is 0. The molecule has 1 fully saturated rings. The zero-order valence-corrected chi connectivity index (χ0v) is 9.72. The molecular formula is C10H19NO2S. The molecule has 2 atom stereocenters. The van der Waals surface area contributed by atoms with Gasteiger partial charge >= 0.3 is 0 Å². The summed E-state index contributed by atoms with van der Waals surface area (Å²) in [6, 6.07) is 0. The smallest absolute Gasteiger partial charge is 0.235 e. The van der Waals surface area contributed by atoms with Crippen molar-refractivity contribution in [2.75, 3.05) is 19.7 Å². The predicted octanol–water partition coefficient (Wildman–Crippen LogP) is 1.11. The number of carbonyl (C=O) groups excluding carboxylic acids is 1. The van der Waals surface area contributed by atoms with E-state index in [1.165, 1.54) is 0 Å². The molecule has 0 aromatic rings.